The van der Waals surface area contributed by atoms with Crippen molar-refractivity contribution in [1.82, 2.24) is 4.31 Å². The molecule has 1 aliphatic rings. The van der Waals surface area contributed by atoms with E-state index in [9.17, 15) is 13.2 Å². The van der Waals surface area contributed by atoms with Crippen molar-refractivity contribution < 1.29 is 17.9 Å². The van der Waals surface area contributed by atoms with Crippen LogP contribution in [0.5, 0.6) is 5.75 Å². The number of carbonyl (C=O) groups excluding carboxylic acids is 1. The highest BCUT2D eigenvalue weighted by Crippen LogP contribution is 2.31. The molecule has 1 amide bonds. The van der Waals surface area contributed by atoms with Gasteiger partial charge in [0.05, 0.1) is 17.7 Å². The van der Waals surface area contributed by atoms with Gasteiger partial charge in [-0.05, 0) is 30.5 Å². The summed E-state index contributed by atoms with van der Waals surface area (Å²) in [6.07, 6.45) is 6.24. The van der Waals surface area contributed by atoms with Crippen LogP contribution in [0.4, 0.5) is 5.69 Å². The smallest absolute Gasteiger partial charge is 0.243 e. The van der Waals surface area contributed by atoms with Gasteiger partial charge in [-0.15, -0.1) is 0 Å². The third-order valence-corrected chi connectivity index (χ3v) is 7.09. The van der Waals surface area contributed by atoms with E-state index in [2.05, 4.69) is 5.32 Å². The van der Waals surface area contributed by atoms with Crippen LogP contribution >= 0.6 is 0 Å². The zero-order chi connectivity index (χ0) is 19.2. The van der Waals surface area contributed by atoms with Gasteiger partial charge in [0, 0.05) is 19.5 Å². The van der Waals surface area contributed by atoms with Crippen LogP contribution in [0.25, 0.3) is 0 Å². The number of sulfonamides is 1. The van der Waals surface area contributed by atoms with E-state index in [0.29, 0.717) is 36.9 Å². The third kappa shape index (κ3) is 4.98. The van der Waals surface area contributed by atoms with Crippen molar-refractivity contribution in [2.24, 2.45) is 5.92 Å². The summed E-state index contributed by atoms with van der Waals surface area (Å²) >= 11 is 0. The molecule has 146 valence electrons. The van der Waals surface area contributed by atoms with Crippen molar-refractivity contribution in [2.45, 2.75) is 57.3 Å². The van der Waals surface area contributed by atoms with Crippen molar-refractivity contribution >= 4 is 21.6 Å². The number of anilines is 1. The molecule has 26 heavy (non-hydrogen) atoms. The van der Waals surface area contributed by atoms with E-state index < -0.39 is 10.0 Å². The van der Waals surface area contributed by atoms with Crippen LogP contribution in [-0.4, -0.2) is 38.8 Å². The molecular formula is C19H30N2O4S. The van der Waals surface area contributed by atoms with Gasteiger partial charge < -0.3 is 10.1 Å². The predicted octanol–water partition coefficient (Wildman–Crippen LogP) is 3.63. The first kappa shape index (κ1) is 20.7. The lowest BCUT2D eigenvalue weighted by molar-refractivity contribution is -0.116. The number of amides is 1. The molecule has 0 unspecified atom stereocenters. The van der Waals surface area contributed by atoms with E-state index in [1.54, 1.807) is 19.9 Å². The Morgan fingerprint density at radius 2 is 1.88 bits per heavy atom. The maximum absolute atomic E-state index is 12.7. The summed E-state index contributed by atoms with van der Waals surface area (Å²) in [6, 6.07) is 4.59. The summed E-state index contributed by atoms with van der Waals surface area (Å²) in [5.41, 5.74) is 0.400. The number of nitrogens with zero attached hydrogens (tertiary/aromatic N) is 1. The Morgan fingerprint density at radius 3 is 2.46 bits per heavy atom. The molecule has 0 aliphatic heterocycles. The minimum atomic E-state index is -3.58. The van der Waals surface area contributed by atoms with Crippen LogP contribution in [0.15, 0.2) is 23.1 Å². The Bertz CT molecular complexity index is 708. The molecule has 1 aliphatic carbocycles. The SMILES string of the molecule is CCN(CC)S(=O)(=O)c1ccc(OC)c(NC(=O)CCC2CCCC2)c1. The van der Waals surface area contributed by atoms with E-state index >= 15 is 0 Å². The number of ether oxygens (including phenoxy) is 1. The molecule has 7 heteroatoms. The number of hydrogen-bond donors (Lipinski definition) is 1. The molecule has 0 saturated heterocycles. The van der Waals surface area contributed by atoms with Gasteiger partial charge in [0.25, 0.3) is 0 Å². The maximum atomic E-state index is 12.7. The third-order valence-electron chi connectivity index (χ3n) is 5.04. The normalized spacial score (nSPS) is 15.4. The quantitative estimate of drug-likeness (QED) is 0.707. The summed E-state index contributed by atoms with van der Waals surface area (Å²) in [4.78, 5) is 12.5. The molecule has 0 bridgehead atoms. The highest BCUT2D eigenvalue weighted by atomic mass is 32.2. The lowest BCUT2D eigenvalue weighted by Crippen LogP contribution is -2.30. The lowest BCUT2D eigenvalue weighted by Gasteiger charge is -2.19. The second kappa shape index (κ2) is 9.37. The van der Waals surface area contributed by atoms with Gasteiger partial charge in [-0.2, -0.15) is 4.31 Å². The average Bonchev–Trinajstić information content (AvgIpc) is 3.14. The molecule has 1 aromatic rings. The van der Waals surface area contributed by atoms with Crippen molar-refractivity contribution in [3.8, 4) is 5.75 Å². The van der Waals surface area contributed by atoms with Crippen molar-refractivity contribution in [3.05, 3.63) is 18.2 Å². The second-order valence-corrected chi connectivity index (χ2v) is 8.63. The zero-order valence-corrected chi connectivity index (χ0v) is 16.8. The van der Waals surface area contributed by atoms with Gasteiger partial charge in [0.1, 0.15) is 5.75 Å². The molecule has 0 radical (unpaired) electrons. The minimum absolute atomic E-state index is 0.104. The molecule has 0 heterocycles. The van der Waals surface area contributed by atoms with Crippen LogP contribution in [0.2, 0.25) is 0 Å². The molecular weight excluding hydrogens is 352 g/mol. The first-order valence-electron chi connectivity index (χ1n) is 9.40. The topological polar surface area (TPSA) is 75.7 Å². The van der Waals surface area contributed by atoms with Crippen LogP contribution in [0.3, 0.4) is 0 Å². The first-order chi connectivity index (χ1) is 12.4. The number of benzene rings is 1. The van der Waals surface area contributed by atoms with E-state index in [4.69, 9.17) is 4.74 Å². The zero-order valence-electron chi connectivity index (χ0n) is 16.0. The van der Waals surface area contributed by atoms with E-state index in [0.717, 1.165) is 6.42 Å². The first-order valence-corrected chi connectivity index (χ1v) is 10.8. The van der Waals surface area contributed by atoms with E-state index in [1.807, 2.05) is 0 Å². The lowest BCUT2D eigenvalue weighted by atomic mass is 10.0. The van der Waals surface area contributed by atoms with Crippen molar-refractivity contribution in [3.63, 3.8) is 0 Å². The Labute approximate surface area is 157 Å². The van der Waals surface area contributed by atoms with Crippen molar-refractivity contribution in [2.75, 3.05) is 25.5 Å². The Hall–Kier alpha value is -1.60. The van der Waals surface area contributed by atoms with Gasteiger partial charge in [0.2, 0.25) is 15.9 Å². The predicted molar refractivity (Wildman–Crippen MR) is 103 cm³/mol. The van der Waals surface area contributed by atoms with Gasteiger partial charge in [-0.3, -0.25) is 4.79 Å². The summed E-state index contributed by atoms with van der Waals surface area (Å²) in [5.74, 6) is 0.988. The Morgan fingerprint density at radius 1 is 1.23 bits per heavy atom. The molecule has 6 nitrogen and oxygen atoms in total. The number of rotatable bonds is 9. The fourth-order valence-electron chi connectivity index (χ4n) is 3.50. The second-order valence-electron chi connectivity index (χ2n) is 6.69. The molecule has 0 atom stereocenters. The molecule has 1 saturated carbocycles. The fourth-order valence-corrected chi connectivity index (χ4v) is 4.99. The standard InChI is InChI=1S/C19H30N2O4S/c1-4-21(5-2)26(23,24)16-11-12-18(25-3)17(14-16)20-19(22)13-10-15-8-6-7-9-15/h11-12,14-15H,4-10,13H2,1-3H3,(H,20,22). The molecule has 1 fully saturated rings. The summed E-state index contributed by atoms with van der Waals surface area (Å²) in [7, 11) is -2.08. The van der Waals surface area contributed by atoms with E-state index in [1.165, 1.54) is 49.2 Å². The summed E-state index contributed by atoms with van der Waals surface area (Å²) < 4.78 is 32.1. The number of hydrogen-bond acceptors (Lipinski definition) is 4. The Balaban J connectivity index is 2.14. The number of methoxy groups -OCH3 is 1. The van der Waals surface area contributed by atoms with Crippen molar-refractivity contribution in [1.29, 1.82) is 0 Å². The van der Waals surface area contributed by atoms with Crippen LogP contribution in [-0.2, 0) is 14.8 Å². The largest absolute Gasteiger partial charge is 0.495 e. The van der Waals surface area contributed by atoms with Gasteiger partial charge >= 0.3 is 0 Å². The highest BCUT2D eigenvalue weighted by molar-refractivity contribution is 7.89. The molecule has 1 N–H and O–H groups in total. The minimum Gasteiger partial charge on any atom is -0.495 e. The Kier molecular flexibility index (Phi) is 7.46. The van der Waals surface area contributed by atoms with Gasteiger partial charge in [0.15, 0.2) is 0 Å². The molecule has 0 aromatic heterocycles. The van der Waals surface area contributed by atoms with Crippen LogP contribution in [0, 0.1) is 5.92 Å². The molecule has 2 rings (SSSR count). The van der Waals surface area contributed by atoms with Gasteiger partial charge in [-0.25, -0.2) is 8.42 Å². The summed E-state index contributed by atoms with van der Waals surface area (Å²) in [5, 5.41) is 2.83. The van der Waals surface area contributed by atoms with Gasteiger partial charge in [-0.1, -0.05) is 39.5 Å². The molecule has 1 aromatic carbocycles. The number of nitrogens with one attached hydrogen (secondary N) is 1. The monoisotopic (exact) mass is 382 g/mol. The van der Waals surface area contributed by atoms with E-state index in [-0.39, 0.29) is 10.8 Å². The fraction of sp³-hybridized carbons (Fsp3) is 0.632. The average molecular weight is 383 g/mol. The summed E-state index contributed by atoms with van der Waals surface area (Å²) in [6.45, 7) is 4.40. The number of carbonyl (C=O) groups is 1. The highest BCUT2D eigenvalue weighted by Gasteiger charge is 2.23. The van der Waals surface area contributed by atoms with Crippen LogP contribution < -0.4 is 10.1 Å². The maximum Gasteiger partial charge on any atom is 0.243 e. The molecule has 0 spiro atoms. The van der Waals surface area contributed by atoms with Crippen LogP contribution in [0.1, 0.15) is 52.4 Å².